The third-order valence-electron chi connectivity index (χ3n) is 4.97. The van der Waals surface area contributed by atoms with Gasteiger partial charge in [-0.15, -0.1) is 5.10 Å². The lowest BCUT2D eigenvalue weighted by atomic mass is 10.1. The summed E-state index contributed by atoms with van der Waals surface area (Å²) in [5.74, 6) is -0.515. The zero-order chi connectivity index (χ0) is 26.5. The Labute approximate surface area is 207 Å². The summed E-state index contributed by atoms with van der Waals surface area (Å²) >= 11 is 0. The third-order valence-corrected chi connectivity index (χ3v) is 4.97. The molecule has 3 aromatic carbocycles. The summed E-state index contributed by atoms with van der Waals surface area (Å²) in [7, 11) is 1.54. The first-order chi connectivity index (χ1) is 17.7. The molecule has 186 valence electrons. The number of nitro benzene ring substituents is 2. The minimum Gasteiger partial charge on any atom is -0.497 e. The quantitative estimate of drug-likeness (QED) is 0.261. The molecule has 2 N–H and O–H groups in total. The molecule has 0 bridgehead atoms. The number of carbonyl (C=O) groups is 2. The molecule has 0 aliphatic carbocycles. The summed E-state index contributed by atoms with van der Waals surface area (Å²) in [6.07, 6.45) is 0. The van der Waals surface area contributed by atoms with Crippen molar-refractivity contribution in [3.05, 3.63) is 98.1 Å². The summed E-state index contributed by atoms with van der Waals surface area (Å²) in [5, 5.41) is 34.7. The molecule has 4 rings (SSSR count). The van der Waals surface area contributed by atoms with Gasteiger partial charge in [-0.05, 0) is 48.5 Å². The van der Waals surface area contributed by atoms with Gasteiger partial charge < -0.3 is 14.5 Å². The van der Waals surface area contributed by atoms with Crippen LogP contribution in [0.4, 0.5) is 23.1 Å². The SMILES string of the molecule is COc1ccc(-c2nnc(NC(=O)c3ccc(NC(=O)c4cc([N+](=O)[O-])cc([N+](=O)[O-])c4)cc3)o2)cc1. The molecule has 0 fully saturated rings. The van der Waals surface area contributed by atoms with E-state index in [1.807, 2.05) is 0 Å². The number of nitro groups is 2. The van der Waals surface area contributed by atoms with Crippen LogP contribution in [0.3, 0.4) is 0 Å². The molecule has 0 saturated heterocycles. The molecule has 2 amide bonds. The van der Waals surface area contributed by atoms with Crippen molar-refractivity contribution >= 4 is 34.9 Å². The predicted molar refractivity (Wildman–Crippen MR) is 128 cm³/mol. The summed E-state index contributed by atoms with van der Waals surface area (Å²) in [5.41, 5.74) is -0.386. The number of ether oxygens (including phenoxy) is 1. The molecular formula is C23H16N6O8. The van der Waals surface area contributed by atoms with E-state index in [-0.39, 0.29) is 28.7 Å². The number of nitrogens with zero attached hydrogens (tertiary/aromatic N) is 4. The Balaban J connectivity index is 1.42. The van der Waals surface area contributed by atoms with Gasteiger partial charge in [-0.3, -0.25) is 35.1 Å². The molecule has 0 atom stereocenters. The van der Waals surface area contributed by atoms with Gasteiger partial charge in [0.2, 0.25) is 5.89 Å². The van der Waals surface area contributed by atoms with Gasteiger partial charge in [-0.1, -0.05) is 5.10 Å². The van der Waals surface area contributed by atoms with E-state index < -0.39 is 33.0 Å². The lowest BCUT2D eigenvalue weighted by Crippen LogP contribution is -2.14. The van der Waals surface area contributed by atoms with Crippen LogP contribution in [0, 0.1) is 20.2 Å². The summed E-state index contributed by atoms with van der Waals surface area (Å²) in [6.45, 7) is 0. The zero-order valence-corrected chi connectivity index (χ0v) is 18.9. The number of non-ortho nitro benzene ring substituents is 2. The monoisotopic (exact) mass is 504 g/mol. The van der Waals surface area contributed by atoms with Crippen LogP contribution in [-0.4, -0.2) is 39.0 Å². The number of rotatable bonds is 8. The Morgan fingerprint density at radius 1 is 0.811 bits per heavy atom. The highest BCUT2D eigenvalue weighted by Crippen LogP contribution is 2.25. The molecule has 1 heterocycles. The number of anilines is 2. The molecule has 0 saturated carbocycles. The normalized spacial score (nSPS) is 10.4. The van der Waals surface area contributed by atoms with E-state index >= 15 is 0 Å². The number of aromatic nitrogens is 2. The largest absolute Gasteiger partial charge is 0.497 e. The molecular weight excluding hydrogens is 488 g/mol. The molecule has 4 aromatic rings. The molecule has 14 heteroatoms. The van der Waals surface area contributed by atoms with Crippen molar-refractivity contribution in [1.82, 2.24) is 10.2 Å². The Kier molecular flexibility index (Phi) is 6.81. The van der Waals surface area contributed by atoms with Crippen LogP contribution >= 0.6 is 0 Å². The van der Waals surface area contributed by atoms with Gasteiger partial charge in [0.25, 0.3) is 23.2 Å². The van der Waals surface area contributed by atoms with E-state index in [0.717, 1.165) is 18.2 Å². The van der Waals surface area contributed by atoms with E-state index in [4.69, 9.17) is 9.15 Å². The Bertz CT molecular complexity index is 1470. The number of benzene rings is 3. The van der Waals surface area contributed by atoms with Crippen LogP contribution < -0.4 is 15.4 Å². The van der Waals surface area contributed by atoms with Crippen molar-refractivity contribution in [3.63, 3.8) is 0 Å². The maximum absolute atomic E-state index is 12.5. The van der Waals surface area contributed by atoms with Crippen molar-refractivity contribution in [1.29, 1.82) is 0 Å². The van der Waals surface area contributed by atoms with Gasteiger partial charge in [0.1, 0.15) is 5.75 Å². The molecule has 1 aromatic heterocycles. The first kappa shape index (κ1) is 24.5. The first-order valence-corrected chi connectivity index (χ1v) is 10.4. The lowest BCUT2D eigenvalue weighted by molar-refractivity contribution is -0.394. The number of methoxy groups -OCH3 is 1. The highest BCUT2D eigenvalue weighted by molar-refractivity contribution is 6.06. The van der Waals surface area contributed by atoms with Crippen LogP contribution in [0.5, 0.6) is 5.75 Å². The number of amides is 2. The fourth-order valence-electron chi connectivity index (χ4n) is 3.14. The van der Waals surface area contributed by atoms with Gasteiger partial charge in [0.15, 0.2) is 0 Å². The van der Waals surface area contributed by atoms with Crippen molar-refractivity contribution in [3.8, 4) is 17.2 Å². The molecule has 0 radical (unpaired) electrons. The average molecular weight is 504 g/mol. The topological polar surface area (TPSA) is 193 Å². The zero-order valence-electron chi connectivity index (χ0n) is 18.9. The van der Waals surface area contributed by atoms with Crippen molar-refractivity contribution in [2.24, 2.45) is 0 Å². The lowest BCUT2D eigenvalue weighted by Gasteiger charge is -2.07. The Morgan fingerprint density at radius 3 is 1.97 bits per heavy atom. The summed E-state index contributed by atoms with van der Waals surface area (Å²) in [4.78, 5) is 45.4. The van der Waals surface area contributed by atoms with E-state index in [1.165, 1.54) is 24.3 Å². The maximum Gasteiger partial charge on any atom is 0.322 e. The fraction of sp³-hybridized carbons (Fsp3) is 0.0435. The van der Waals surface area contributed by atoms with E-state index in [0.29, 0.717) is 11.3 Å². The number of hydrogen-bond acceptors (Lipinski definition) is 10. The van der Waals surface area contributed by atoms with Crippen molar-refractivity contribution in [2.45, 2.75) is 0 Å². The van der Waals surface area contributed by atoms with Crippen LogP contribution in [0.15, 0.2) is 71.1 Å². The second-order valence-corrected chi connectivity index (χ2v) is 7.38. The van der Waals surface area contributed by atoms with Crippen molar-refractivity contribution in [2.75, 3.05) is 17.7 Å². The smallest absolute Gasteiger partial charge is 0.322 e. The summed E-state index contributed by atoms with van der Waals surface area (Å²) < 4.78 is 10.6. The van der Waals surface area contributed by atoms with Gasteiger partial charge in [0.05, 0.1) is 28.6 Å². The van der Waals surface area contributed by atoms with Gasteiger partial charge in [0, 0.05) is 28.9 Å². The highest BCUT2D eigenvalue weighted by atomic mass is 16.6. The van der Waals surface area contributed by atoms with E-state index in [2.05, 4.69) is 20.8 Å². The van der Waals surface area contributed by atoms with Crippen LogP contribution in [-0.2, 0) is 0 Å². The fourth-order valence-corrected chi connectivity index (χ4v) is 3.14. The first-order valence-electron chi connectivity index (χ1n) is 10.4. The van der Waals surface area contributed by atoms with E-state index in [9.17, 15) is 29.8 Å². The molecule has 0 aliphatic heterocycles. The van der Waals surface area contributed by atoms with Gasteiger partial charge in [-0.2, -0.15) is 0 Å². The standard InChI is InChI=1S/C23H16N6O8/c1-36-19-8-4-14(5-9-19)22-26-27-23(37-22)25-20(30)13-2-6-16(7-3-13)24-21(31)15-10-17(28(32)33)12-18(11-15)29(34)35/h2-12H,1H3,(H,24,31)(H,25,27,30). The number of carbonyl (C=O) groups excluding carboxylic acids is 2. The molecule has 37 heavy (non-hydrogen) atoms. The van der Waals surface area contributed by atoms with Crippen molar-refractivity contribution < 1.29 is 28.6 Å². The summed E-state index contributed by atoms with van der Waals surface area (Å²) in [6, 6.07) is 15.0. The second-order valence-electron chi connectivity index (χ2n) is 7.38. The van der Waals surface area contributed by atoms with Crippen LogP contribution in [0.1, 0.15) is 20.7 Å². The number of nitrogens with one attached hydrogen (secondary N) is 2. The molecule has 0 aliphatic rings. The highest BCUT2D eigenvalue weighted by Gasteiger charge is 2.20. The minimum atomic E-state index is -0.833. The molecule has 14 nitrogen and oxygen atoms in total. The van der Waals surface area contributed by atoms with Crippen LogP contribution in [0.2, 0.25) is 0 Å². The average Bonchev–Trinajstić information content (AvgIpc) is 3.37. The predicted octanol–water partition coefficient (Wildman–Crippen LogP) is 4.07. The van der Waals surface area contributed by atoms with E-state index in [1.54, 1.807) is 31.4 Å². The molecule has 0 spiro atoms. The third kappa shape index (κ3) is 5.71. The maximum atomic E-state index is 12.5. The second kappa shape index (κ2) is 10.3. The van der Waals surface area contributed by atoms with Crippen LogP contribution in [0.25, 0.3) is 11.5 Å². The Hall–Kier alpha value is -5.66. The Morgan fingerprint density at radius 2 is 1.41 bits per heavy atom. The molecule has 0 unspecified atom stereocenters. The van der Waals surface area contributed by atoms with Gasteiger partial charge >= 0.3 is 6.01 Å². The van der Waals surface area contributed by atoms with Gasteiger partial charge in [-0.25, -0.2) is 0 Å². The number of hydrogen-bond donors (Lipinski definition) is 2. The minimum absolute atomic E-state index is 0.125.